The molecule has 0 unspecified atom stereocenters. The number of hydrogen-bond acceptors (Lipinski definition) is 3. The Kier molecular flexibility index (Phi) is 6.51. The van der Waals surface area contributed by atoms with Gasteiger partial charge in [0.1, 0.15) is 0 Å². The van der Waals surface area contributed by atoms with E-state index >= 15 is 0 Å². The van der Waals surface area contributed by atoms with Gasteiger partial charge in [0.05, 0.1) is 16.5 Å². The predicted octanol–water partition coefficient (Wildman–Crippen LogP) is 4.93. The van der Waals surface area contributed by atoms with Crippen LogP contribution in [0.3, 0.4) is 0 Å². The van der Waals surface area contributed by atoms with Crippen LogP contribution in [-0.4, -0.2) is 17.4 Å². The molecule has 0 aromatic heterocycles. The summed E-state index contributed by atoms with van der Waals surface area (Å²) in [4.78, 5) is 13.1. The minimum atomic E-state index is -0.254. The number of hydrazone groups is 1. The van der Waals surface area contributed by atoms with E-state index in [9.17, 15) is 4.79 Å². The van der Waals surface area contributed by atoms with E-state index in [4.69, 9.17) is 23.2 Å². The number of halogens is 2. The Morgan fingerprint density at radius 3 is 2.57 bits per heavy atom. The molecule has 1 amide bonds. The summed E-state index contributed by atoms with van der Waals surface area (Å²) in [7, 11) is 0. The molecule has 0 saturated heterocycles. The molecule has 2 aromatic carbocycles. The highest BCUT2D eigenvalue weighted by Crippen LogP contribution is 2.23. The molecule has 0 aliphatic rings. The predicted molar refractivity (Wildman–Crippen MR) is 98.7 cm³/mol. The van der Waals surface area contributed by atoms with Gasteiger partial charge in [-0.3, -0.25) is 4.79 Å². The third-order valence-corrected chi connectivity index (χ3v) is 4.72. The van der Waals surface area contributed by atoms with Crippen LogP contribution >= 0.6 is 35.0 Å². The second-order valence-corrected chi connectivity index (χ2v) is 7.23. The molecule has 2 aromatic rings. The molecular formula is C17H16Cl2N2OS. The largest absolute Gasteiger partial charge is 0.272 e. The van der Waals surface area contributed by atoms with Crippen molar-refractivity contribution in [1.82, 2.24) is 5.43 Å². The summed E-state index contributed by atoms with van der Waals surface area (Å²) in [5.74, 6) is -0.170. The third kappa shape index (κ3) is 5.57. The number of aryl methyl sites for hydroxylation is 1. The number of thioether (sulfide) groups is 1. The van der Waals surface area contributed by atoms with Gasteiger partial charge in [-0.1, -0.05) is 47.0 Å². The van der Waals surface area contributed by atoms with E-state index in [0.29, 0.717) is 15.6 Å². The second kappa shape index (κ2) is 8.39. The molecule has 0 radical (unpaired) electrons. The highest BCUT2D eigenvalue weighted by atomic mass is 35.5. The maximum atomic E-state index is 12.0. The summed E-state index contributed by atoms with van der Waals surface area (Å²) in [5, 5.41) is 4.73. The van der Waals surface area contributed by atoms with Crippen molar-refractivity contribution >= 4 is 47.1 Å². The number of rotatable bonds is 5. The summed E-state index contributed by atoms with van der Waals surface area (Å²) in [6.07, 6.45) is 1.50. The van der Waals surface area contributed by atoms with E-state index in [0.717, 1.165) is 4.90 Å². The Morgan fingerprint density at radius 1 is 1.22 bits per heavy atom. The number of amides is 1. The van der Waals surface area contributed by atoms with Crippen LogP contribution in [0.15, 0.2) is 52.5 Å². The molecule has 0 aliphatic carbocycles. The number of benzene rings is 2. The average Bonchev–Trinajstić information content (AvgIpc) is 2.51. The molecule has 0 aliphatic heterocycles. The average molecular weight is 367 g/mol. The van der Waals surface area contributed by atoms with Gasteiger partial charge in [-0.25, -0.2) is 5.43 Å². The van der Waals surface area contributed by atoms with E-state index in [1.165, 1.54) is 23.5 Å². The van der Waals surface area contributed by atoms with Gasteiger partial charge in [0.2, 0.25) is 0 Å². The maximum absolute atomic E-state index is 12.0. The fourth-order valence-electron chi connectivity index (χ4n) is 1.74. The molecule has 3 nitrogen and oxygen atoms in total. The number of nitrogens with zero attached hydrogens (tertiary/aromatic N) is 1. The van der Waals surface area contributed by atoms with E-state index in [-0.39, 0.29) is 11.2 Å². The van der Waals surface area contributed by atoms with Crippen molar-refractivity contribution in [3.63, 3.8) is 0 Å². The molecule has 1 atom stereocenters. The normalized spacial score (nSPS) is 12.3. The number of carbonyl (C=O) groups is 1. The van der Waals surface area contributed by atoms with Crippen LogP contribution < -0.4 is 5.43 Å². The van der Waals surface area contributed by atoms with Gasteiger partial charge in [-0.05, 0) is 38.1 Å². The summed E-state index contributed by atoms with van der Waals surface area (Å²) < 4.78 is 0. The highest BCUT2D eigenvalue weighted by molar-refractivity contribution is 8.00. The molecule has 2 rings (SSSR count). The second-order valence-electron chi connectivity index (χ2n) is 4.97. The van der Waals surface area contributed by atoms with Crippen molar-refractivity contribution in [2.45, 2.75) is 24.0 Å². The van der Waals surface area contributed by atoms with Crippen molar-refractivity contribution < 1.29 is 4.79 Å². The van der Waals surface area contributed by atoms with Gasteiger partial charge in [0.25, 0.3) is 5.91 Å². The Morgan fingerprint density at radius 2 is 1.91 bits per heavy atom. The lowest BCUT2D eigenvalue weighted by atomic mass is 10.2. The monoisotopic (exact) mass is 366 g/mol. The smallest absolute Gasteiger partial charge is 0.253 e. The van der Waals surface area contributed by atoms with Gasteiger partial charge in [-0.15, -0.1) is 11.8 Å². The lowest BCUT2D eigenvalue weighted by Gasteiger charge is -2.09. The third-order valence-electron chi connectivity index (χ3n) is 3.04. The number of carbonyl (C=O) groups excluding carboxylic acids is 1. The van der Waals surface area contributed by atoms with Crippen molar-refractivity contribution in [3.05, 3.63) is 63.6 Å². The topological polar surface area (TPSA) is 41.5 Å². The molecule has 0 heterocycles. The van der Waals surface area contributed by atoms with Crippen molar-refractivity contribution in [3.8, 4) is 0 Å². The molecule has 6 heteroatoms. The van der Waals surface area contributed by atoms with Gasteiger partial charge in [0.15, 0.2) is 0 Å². The Labute approximate surface area is 150 Å². The molecule has 0 saturated carbocycles. The molecule has 0 bridgehead atoms. The molecule has 0 spiro atoms. The number of hydrogen-bond donors (Lipinski definition) is 1. The summed E-state index contributed by atoms with van der Waals surface area (Å²) in [5.41, 5.74) is 4.40. The Bertz CT molecular complexity index is 717. The first kappa shape index (κ1) is 17.9. The lowest BCUT2D eigenvalue weighted by molar-refractivity contribution is -0.120. The first-order chi connectivity index (χ1) is 11.0. The van der Waals surface area contributed by atoms with Gasteiger partial charge in [-0.2, -0.15) is 5.10 Å². The fraction of sp³-hybridized carbons (Fsp3) is 0.176. The molecule has 23 heavy (non-hydrogen) atoms. The fourth-order valence-corrected chi connectivity index (χ4v) is 3.06. The zero-order valence-corrected chi connectivity index (χ0v) is 15.0. The summed E-state index contributed by atoms with van der Waals surface area (Å²) >= 11 is 13.3. The van der Waals surface area contributed by atoms with E-state index in [1.54, 1.807) is 18.2 Å². The minimum Gasteiger partial charge on any atom is -0.272 e. The molecule has 1 N–H and O–H groups in total. The molecule has 0 fully saturated rings. The summed E-state index contributed by atoms with van der Waals surface area (Å²) in [6.45, 7) is 3.87. The Hall–Kier alpha value is -1.49. The minimum absolute atomic E-state index is 0.170. The van der Waals surface area contributed by atoms with Crippen molar-refractivity contribution in [2.24, 2.45) is 5.10 Å². The molecule has 120 valence electrons. The molecular weight excluding hydrogens is 351 g/mol. The first-order valence-electron chi connectivity index (χ1n) is 6.97. The SMILES string of the molecule is Cc1ccc(S[C@@H](C)C(=O)N/N=C\c2ccc(Cl)cc2Cl)cc1. The van der Waals surface area contributed by atoms with Crippen LogP contribution in [0.25, 0.3) is 0 Å². The zero-order chi connectivity index (χ0) is 16.8. The maximum Gasteiger partial charge on any atom is 0.253 e. The lowest BCUT2D eigenvalue weighted by Crippen LogP contribution is -2.26. The van der Waals surface area contributed by atoms with Crippen molar-refractivity contribution in [2.75, 3.05) is 0 Å². The van der Waals surface area contributed by atoms with Crippen molar-refractivity contribution in [1.29, 1.82) is 0 Å². The van der Waals surface area contributed by atoms with Gasteiger partial charge in [0, 0.05) is 15.5 Å². The van der Waals surface area contributed by atoms with Crippen LogP contribution in [-0.2, 0) is 4.79 Å². The van der Waals surface area contributed by atoms with Gasteiger partial charge < -0.3 is 0 Å². The van der Waals surface area contributed by atoms with Crippen LogP contribution in [0.2, 0.25) is 10.0 Å². The van der Waals surface area contributed by atoms with E-state index in [1.807, 2.05) is 38.1 Å². The van der Waals surface area contributed by atoms with E-state index < -0.39 is 0 Å². The van der Waals surface area contributed by atoms with Crippen LogP contribution in [0, 0.1) is 6.92 Å². The summed E-state index contributed by atoms with van der Waals surface area (Å²) in [6, 6.07) is 13.1. The standard InChI is InChI=1S/C17H16Cl2N2OS/c1-11-3-7-15(8-4-11)23-12(2)17(22)21-20-10-13-5-6-14(18)9-16(13)19/h3-10,12H,1-2H3,(H,21,22)/b20-10-/t12-/m0/s1. The van der Waals surface area contributed by atoms with Crippen LogP contribution in [0.1, 0.15) is 18.1 Å². The first-order valence-corrected chi connectivity index (χ1v) is 8.60. The number of nitrogens with one attached hydrogen (secondary N) is 1. The van der Waals surface area contributed by atoms with Crippen LogP contribution in [0.5, 0.6) is 0 Å². The zero-order valence-electron chi connectivity index (χ0n) is 12.7. The van der Waals surface area contributed by atoms with Crippen LogP contribution in [0.4, 0.5) is 0 Å². The van der Waals surface area contributed by atoms with Gasteiger partial charge >= 0.3 is 0 Å². The van der Waals surface area contributed by atoms with E-state index in [2.05, 4.69) is 10.5 Å². The highest BCUT2D eigenvalue weighted by Gasteiger charge is 2.13. The quantitative estimate of drug-likeness (QED) is 0.462. The Balaban J connectivity index is 1.90.